The summed E-state index contributed by atoms with van der Waals surface area (Å²) < 4.78 is 5.77. The molecule has 0 bridgehead atoms. The standard InChI is InChI=1S/C21H20N4O2S/c1-14(19(26)22-12-11-15-7-3-2-4-8-15)28-21-25-24-20(27-21)17-13-23-18-10-6-5-9-16(17)18/h2-10,13-14,23H,11-12H2,1H3,(H,22,26)/t14-/m0/s1. The van der Waals surface area contributed by atoms with E-state index in [0.29, 0.717) is 17.7 Å². The van der Waals surface area contributed by atoms with Gasteiger partial charge < -0.3 is 14.7 Å². The molecule has 1 atom stereocenters. The minimum absolute atomic E-state index is 0.0484. The topological polar surface area (TPSA) is 83.8 Å². The number of nitrogens with zero attached hydrogens (tertiary/aromatic N) is 2. The molecule has 0 saturated heterocycles. The van der Waals surface area contributed by atoms with E-state index in [2.05, 4.69) is 32.6 Å². The normalized spacial score (nSPS) is 12.2. The Morgan fingerprint density at radius 3 is 2.79 bits per heavy atom. The molecule has 4 rings (SSSR count). The second-order valence-electron chi connectivity index (χ2n) is 6.41. The lowest BCUT2D eigenvalue weighted by atomic mass is 10.1. The molecule has 4 aromatic rings. The molecule has 0 aliphatic heterocycles. The molecule has 0 fully saturated rings. The molecule has 2 heterocycles. The Bertz CT molecular complexity index is 1070. The first-order valence-electron chi connectivity index (χ1n) is 9.09. The third-order valence-electron chi connectivity index (χ3n) is 4.43. The summed E-state index contributed by atoms with van der Waals surface area (Å²) in [6, 6.07) is 18.0. The summed E-state index contributed by atoms with van der Waals surface area (Å²) in [6.07, 6.45) is 2.65. The number of thioether (sulfide) groups is 1. The number of hydrogen-bond acceptors (Lipinski definition) is 5. The number of benzene rings is 2. The molecular weight excluding hydrogens is 372 g/mol. The highest BCUT2D eigenvalue weighted by Crippen LogP contribution is 2.30. The van der Waals surface area contributed by atoms with E-state index in [1.165, 1.54) is 17.3 Å². The fraction of sp³-hybridized carbons (Fsp3) is 0.190. The van der Waals surface area contributed by atoms with Gasteiger partial charge in [-0.05, 0) is 25.0 Å². The van der Waals surface area contributed by atoms with E-state index in [0.717, 1.165) is 22.9 Å². The minimum atomic E-state index is -0.327. The fourth-order valence-electron chi connectivity index (χ4n) is 2.94. The van der Waals surface area contributed by atoms with Crippen molar-refractivity contribution >= 4 is 28.6 Å². The fourth-order valence-corrected chi connectivity index (χ4v) is 3.65. The highest BCUT2D eigenvalue weighted by Gasteiger charge is 2.19. The van der Waals surface area contributed by atoms with Gasteiger partial charge in [0.25, 0.3) is 11.1 Å². The van der Waals surface area contributed by atoms with Crippen LogP contribution in [-0.2, 0) is 11.2 Å². The van der Waals surface area contributed by atoms with Crippen molar-refractivity contribution in [2.75, 3.05) is 6.54 Å². The molecular formula is C21H20N4O2S. The van der Waals surface area contributed by atoms with E-state index in [1.807, 2.05) is 55.6 Å². The third-order valence-corrected chi connectivity index (χ3v) is 5.36. The predicted molar refractivity (Wildman–Crippen MR) is 110 cm³/mol. The van der Waals surface area contributed by atoms with Crippen LogP contribution in [0.15, 0.2) is 70.4 Å². The number of para-hydroxylation sites is 1. The predicted octanol–water partition coefficient (Wildman–Crippen LogP) is 4.06. The molecule has 0 aliphatic rings. The van der Waals surface area contributed by atoms with Gasteiger partial charge in [0, 0.05) is 23.6 Å². The molecule has 0 spiro atoms. The number of aromatic amines is 1. The van der Waals surface area contributed by atoms with Crippen molar-refractivity contribution in [3.05, 3.63) is 66.4 Å². The number of aromatic nitrogens is 3. The summed E-state index contributed by atoms with van der Waals surface area (Å²) in [7, 11) is 0. The lowest BCUT2D eigenvalue weighted by molar-refractivity contribution is -0.120. The van der Waals surface area contributed by atoms with Crippen LogP contribution in [0.25, 0.3) is 22.4 Å². The van der Waals surface area contributed by atoms with Crippen molar-refractivity contribution in [1.82, 2.24) is 20.5 Å². The van der Waals surface area contributed by atoms with E-state index < -0.39 is 0 Å². The van der Waals surface area contributed by atoms with Gasteiger partial charge in [0.05, 0.1) is 10.8 Å². The van der Waals surface area contributed by atoms with Crippen molar-refractivity contribution < 1.29 is 9.21 Å². The quantitative estimate of drug-likeness (QED) is 0.464. The molecule has 0 aliphatic carbocycles. The van der Waals surface area contributed by atoms with E-state index in [9.17, 15) is 4.79 Å². The lowest BCUT2D eigenvalue weighted by Gasteiger charge is -2.09. The molecule has 0 saturated carbocycles. The Morgan fingerprint density at radius 2 is 1.93 bits per heavy atom. The second kappa shape index (κ2) is 8.31. The Balaban J connectivity index is 1.35. The SMILES string of the molecule is C[C@H](Sc1nnc(-c2c[nH]c3ccccc23)o1)C(=O)NCCc1ccccc1. The summed E-state index contributed by atoms with van der Waals surface area (Å²) in [6.45, 7) is 2.43. The number of carbonyl (C=O) groups is 1. The highest BCUT2D eigenvalue weighted by atomic mass is 32.2. The molecule has 28 heavy (non-hydrogen) atoms. The number of amides is 1. The number of carbonyl (C=O) groups excluding carboxylic acids is 1. The van der Waals surface area contributed by atoms with Crippen molar-refractivity contribution in [2.24, 2.45) is 0 Å². The van der Waals surface area contributed by atoms with Gasteiger partial charge in [0.15, 0.2) is 0 Å². The number of nitrogens with one attached hydrogen (secondary N) is 2. The van der Waals surface area contributed by atoms with Gasteiger partial charge in [-0.15, -0.1) is 10.2 Å². The van der Waals surface area contributed by atoms with Crippen molar-refractivity contribution in [3.8, 4) is 11.5 Å². The van der Waals surface area contributed by atoms with Gasteiger partial charge in [0.1, 0.15) is 0 Å². The lowest BCUT2D eigenvalue weighted by Crippen LogP contribution is -2.32. The Morgan fingerprint density at radius 1 is 1.14 bits per heavy atom. The summed E-state index contributed by atoms with van der Waals surface area (Å²) in [5.41, 5.74) is 3.06. The van der Waals surface area contributed by atoms with Crippen LogP contribution in [-0.4, -0.2) is 32.9 Å². The smallest absolute Gasteiger partial charge is 0.277 e. The first-order valence-corrected chi connectivity index (χ1v) is 9.97. The first kappa shape index (κ1) is 18.3. The average molecular weight is 392 g/mol. The Labute approximate surface area is 166 Å². The molecule has 2 N–H and O–H groups in total. The van der Waals surface area contributed by atoms with Crippen LogP contribution < -0.4 is 5.32 Å². The summed E-state index contributed by atoms with van der Waals surface area (Å²) in [5, 5.41) is 12.2. The van der Waals surface area contributed by atoms with E-state index in [-0.39, 0.29) is 11.2 Å². The summed E-state index contributed by atoms with van der Waals surface area (Å²) >= 11 is 1.26. The first-order chi connectivity index (χ1) is 13.7. The average Bonchev–Trinajstić information content (AvgIpc) is 3.35. The second-order valence-corrected chi connectivity index (χ2v) is 7.70. The van der Waals surface area contributed by atoms with E-state index in [4.69, 9.17) is 4.42 Å². The molecule has 7 heteroatoms. The maximum Gasteiger partial charge on any atom is 0.277 e. The van der Waals surface area contributed by atoms with Crippen LogP contribution in [0.4, 0.5) is 0 Å². The van der Waals surface area contributed by atoms with Crippen LogP contribution >= 0.6 is 11.8 Å². The molecule has 6 nitrogen and oxygen atoms in total. The molecule has 142 valence electrons. The van der Waals surface area contributed by atoms with Crippen molar-refractivity contribution in [2.45, 2.75) is 23.8 Å². The van der Waals surface area contributed by atoms with Crippen molar-refractivity contribution in [1.29, 1.82) is 0 Å². The third kappa shape index (κ3) is 4.09. The van der Waals surface area contributed by atoms with Gasteiger partial charge in [-0.25, -0.2) is 0 Å². The van der Waals surface area contributed by atoms with Gasteiger partial charge in [-0.1, -0.05) is 60.3 Å². The van der Waals surface area contributed by atoms with Crippen LogP contribution in [0.5, 0.6) is 0 Å². The van der Waals surface area contributed by atoms with Crippen LogP contribution in [0.2, 0.25) is 0 Å². The van der Waals surface area contributed by atoms with E-state index in [1.54, 1.807) is 0 Å². The Hall–Kier alpha value is -3.06. The molecule has 2 aromatic heterocycles. The van der Waals surface area contributed by atoms with Crippen LogP contribution in [0.3, 0.4) is 0 Å². The Kier molecular flexibility index (Phi) is 5.43. The van der Waals surface area contributed by atoms with Gasteiger partial charge in [-0.3, -0.25) is 4.79 Å². The van der Waals surface area contributed by atoms with E-state index >= 15 is 0 Å². The molecule has 2 aromatic carbocycles. The molecule has 0 radical (unpaired) electrons. The number of hydrogen-bond donors (Lipinski definition) is 2. The maximum absolute atomic E-state index is 12.3. The van der Waals surface area contributed by atoms with Crippen molar-refractivity contribution in [3.63, 3.8) is 0 Å². The van der Waals surface area contributed by atoms with Crippen LogP contribution in [0, 0.1) is 0 Å². The van der Waals surface area contributed by atoms with Crippen LogP contribution in [0.1, 0.15) is 12.5 Å². The largest absolute Gasteiger partial charge is 0.411 e. The summed E-state index contributed by atoms with van der Waals surface area (Å²) in [4.78, 5) is 15.5. The summed E-state index contributed by atoms with van der Waals surface area (Å²) in [5.74, 6) is 0.393. The number of H-pyrrole nitrogens is 1. The zero-order valence-electron chi connectivity index (χ0n) is 15.4. The van der Waals surface area contributed by atoms with Gasteiger partial charge in [-0.2, -0.15) is 0 Å². The highest BCUT2D eigenvalue weighted by molar-refractivity contribution is 8.00. The number of rotatable bonds is 7. The zero-order valence-corrected chi connectivity index (χ0v) is 16.2. The molecule has 0 unspecified atom stereocenters. The zero-order chi connectivity index (χ0) is 19.3. The van der Waals surface area contributed by atoms with Gasteiger partial charge in [0.2, 0.25) is 5.91 Å². The number of fused-ring (bicyclic) bond motifs is 1. The monoisotopic (exact) mass is 392 g/mol. The maximum atomic E-state index is 12.3. The van der Waals surface area contributed by atoms with Gasteiger partial charge >= 0.3 is 0 Å². The minimum Gasteiger partial charge on any atom is -0.411 e. The molecule has 1 amide bonds.